The van der Waals surface area contributed by atoms with Crippen LogP contribution >= 0.6 is 0 Å². The molecule has 0 radical (unpaired) electrons. The van der Waals surface area contributed by atoms with Crippen molar-refractivity contribution in [2.24, 2.45) is 0 Å². The normalized spacial score (nSPS) is 9.94. The molecule has 0 unspecified atom stereocenters. The van der Waals surface area contributed by atoms with Crippen LogP contribution in [0.5, 0.6) is 0 Å². The Labute approximate surface area is 99.3 Å². The first-order chi connectivity index (χ1) is 8.25. The van der Waals surface area contributed by atoms with E-state index < -0.39 is 0 Å². The minimum absolute atomic E-state index is 0.140. The standard InChI is InChI=1S/C13H12N2O2/c1-10-7-15-12(8-14-10)9-17-13(16)11-5-3-2-4-6-11/h2-8H,9H2,1H3. The topological polar surface area (TPSA) is 52.1 Å². The van der Waals surface area contributed by atoms with Crippen molar-refractivity contribution in [3.8, 4) is 0 Å². The Morgan fingerprint density at radius 3 is 2.59 bits per heavy atom. The van der Waals surface area contributed by atoms with Crippen LogP contribution < -0.4 is 0 Å². The highest BCUT2D eigenvalue weighted by Gasteiger charge is 2.06. The van der Waals surface area contributed by atoms with Gasteiger partial charge in [0.25, 0.3) is 0 Å². The van der Waals surface area contributed by atoms with E-state index in [0.717, 1.165) is 5.69 Å². The summed E-state index contributed by atoms with van der Waals surface area (Å²) in [6.07, 6.45) is 3.25. The van der Waals surface area contributed by atoms with E-state index in [1.54, 1.807) is 36.7 Å². The van der Waals surface area contributed by atoms with Gasteiger partial charge in [-0.05, 0) is 19.1 Å². The minimum atomic E-state index is -0.354. The maximum atomic E-state index is 11.6. The van der Waals surface area contributed by atoms with Crippen molar-refractivity contribution in [2.45, 2.75) is 13.5 Å². The maximum Gasteiger partial charge on any atom is 0.338 e. The quantitative estimate of drug-likeness (QED) is 0.755. The summed E-state index contributed by atoms with van der Waals surface area (Å²) >= 11 is 0. The van der Waals surface area contributed by atoms with Crippen LogP contribution in [-0.2, 0) is 11.3 Å². The first-order valence-corrected chi connectivity index (χ1v) is 5.25. The highest BCUT2D eigenvalue weighted by Crippen LogP contribution is 2.03. The van der Waals surface area contributed by atoms with Crippen molar-refractivity contribution in [3.05, 3.63) is 59.7 Å². The van der Waals surface area contributed by atoms with Crippen molar-refractivity contribution in [1.29, 1.82) is 0 Å². The monoisotopic (exact) mass is 228 g/mol. The van der Waals surface area contributed by atoms with Gasteiger partial charge in [-0.2, -0.15) is 0 Å². The van der Waals surface area contributed by atoms with Crippen molar-refractivity contribution in [1.82, 2.24) is 9.97 Å². The van der Waals surface area contributed by atoms with Gasteiger partial charge in [-0.1, -0.05) is 18.2 Å². The lowest BCUT2D eigenvalue weighted by Crippen LogP contribution is -2.06. The molecule has 2 aromatic rings. The molecule has 1 aromatic heterocycles. The maximum absolute atomic E-state index is 11.6. The first-order valence-electron chi connectivity index (χ1n) is 5.25. The van der Waals surface area contributed by atoms with E-state index in [1.165, 1.54) is 0 Å². The van der Waals surface area contributed by atoms with Crippen LogP contribution in [0.2, 0.25) is 0 Å². The van der Waals surface area contributed by atoms with Gasteiger partial charge in [0.05, 0.1) is 23.1 Å². The Balaban J connectivity index is 1.95. The molecule has 0 spiro atoms. The van der Waals surface area contributed by atoms with Gasteiger partial charge in [0.2, 0.25) is 0 Å². The van der Waals surface area contributed by atoms with Gasteiger partial charge >= 0.3 is 5.97 Å². The van der Waals surface area contributed by atoms with Crippen LogP contribution in [0, 0.1) is 6.92 Å². The van der Waals surface area contributed by atoms with Gasteiger partial charge in [-0.3, -0.25) is 9.97 Å². The molecule has 1 aromatic carbocycles. The third kappa shape index (κ3) is 3.11. The lowest BCUT2D eigenvalue weighted by molar-refractivity contribution is 0.0467. The number of rotatable bonds is 3. The number of aromatic nitrogens is 2. The Morgan fingerprint density at radius 2 is 1.94 bits per heavy atom. The molecule has 17 heavy (non-hydrogen) atoms. The molecule has 4 heteroatoms. The Bertz CT molecular complexity index is 495. The van der Waals surface area contributed by atoms with Crippen LogP contribution in [-0.4, -0.2) is 15.9 Å². The molecule has 2 rings (SSSR count). The molecule has 0 aliphatic rings. The lowest BCUT2D eigenvalue weighted by atomic mass is 10.2. The second-order valence-electron chi connectivity index (χ2n) is 3.59. The predicted octanol–water partition coefficient (Wildman–Crippen LogP) is 2.14. The van der Waals surface area contributed by atoms with E-state index in [1.807, 2.05) is 13.0 Å². The molecule has 0 aliphatic heterocycles. The molecule has 0 saturated carbocycles. The number of benzene rings is 1. The van der Waals surface area contributed by atoms with Gasteiger partial charge in [0.1, 0.15) is 6.61 Å². The molecule has 0 amide bonds. The van der Waals surface area contributed by atoms with Gasteiger partial charge < -0.3 is 4.74 Å². The highest BCUT2D eigenvalue weighted by molar-refractivity contribution is 5.89. The summed E-state index contributed by atoms with van der Waals surface area (Å²) in [7, 11) is 0. The molecule has 0 aliphatic carbocycles. The fourth-order valence-corrected chi connectivity index (χ4v) is 1.29. The third-order valence-corrected chi connectivity index (χ3v) is 2.20. The summed E-state index contributed by atoms with van der Waals surface area (Å²) in [5, 5.41) is 0. The zero-order chi connectivity index (χ0) is 12.1. The molecule has 1 heterocycles. The highest BCUT2D eigenvalue weighted by atomic mass is 16.5. The van der Waals surface area contributed by atoms with E-state index >= 15 is 0 Å². The second kappa shape index (κ2) is 5.21. The third-order valence-electron chi connectivity index (χ3n) is 2.20. The van der Waals surface area contributed by atoms with Gasteiger partial charge in [-0.25, -0.2) is 4.79 Å². The molecule has 0 saturated heterocycles. The van der Waals surface area contributed by atoms with E-state index in [9.17, 15) is 4.79 Å². The van der Waals surface area contributed by atoms with E-state index in [2.05, 4.69) is 9.97 Å². The van der Waals surface area contributed by atoms with Crippen LogP contribution in [0.1, 0.15) is 21.7 Å². The molecule has 0 N–H and O–H groups in total. The number of nitrogens with zero attached hydrogens (tertiary/aromatic N) is 2. The van der Waals surface area contributed by atoms with Gasteiger partial charge in [0.15, 0.2) is 0 Å². The lowest BCUT2D eigenvalue weighted by Gasteiger charge is -2.03. The molecule has 86 valence electrons. The number of carbonyl (C=O) groups excluding carboxylic acids is 1. The fourth-order valence-electron chi connectivity index (χ4n) is 1.29. The molecule has 0 atom stereocenters. The minimum Gasteiger partial charge on any atom is -0.456 e. The number of hydrogen-bond donors (Lipinski definition) is 0. The van der Waals surface area contributed by atoms with Gasteiger partial charge in [0, 0.05) is 6.20 Å². The Kier molecular flexibility index (Phi) is 3.45. The Hall–Kier alpha value is -2.23. The van der Waals surface area contributed by atoms with Crippen LogP contribution in [0.15, 0.2) is 42.7 Å². The Morgan fingerprint density at radius 1 is 1.18 bits per heavy atom. The van der Waals surface area contributed by atoms with Crippen LogP contribution in [0.25, 0.3) is 0 Å². The first kappa shape index (κ1) is 11.3. The number of aryl methyl sites for hydroxylation is 1. The summed E-state index contributed by atoms with van der Waals surface area (Å²) in [6.45, 7) is 1.99. The van der Waals surface area contributed by atoms with Crippen molar-refractivity contribution < 1.29 is 9.53 Å². The van der Waals surface area contributed by atoms with Crippen LogP contribution in [0.3, 0.4) is 0 Å². The number of carbonyl (C=O) groups is 1. The fraction of sp³-hybridized carbons (Fsp3) is 0.154. The number of esters is 1. The average molecular weight is 228 g/mol. The SMILES string of the molecule is Cc1cnc(COC(=O)c2ccccc2)cn1. The zero-order valence-corrected chi connectivity index (χ0v) is 9.46. The largest absolute Gasteiger partial charge is 0.456 e. The average Bonchev–Trinajstić information content (AvgIpc) is 2.39. The van der Waals surface area contributed by atoms with Crippen molar-refractivity contribution >= 4 is 5.97 Å². The van der Waals surface area contributed by atoms with Crippen molar-refractivity contribution in [3.63, 3.8) is 0 Å². The van der Waals surface area contributed by atoms with E-state index in [4.69, 9.17) is 4.74 Å². The summed E-state index contributed by atoms with van der Waals surface area (Å²) < 4.78 is 5.11. The van der Waals surface area contributed by atoms with Gasteiger partial charge in [-0.15, -0.1) is 0 Å². The molecular formula is C13H12N2O2. The molecular weight excluding hydrogens is 216 g/mol. The predicted molar refractivity (Wildman–Crippen MR) is 62.3 cm³/mol. The number of ether oxygens (including phenoxy) is 1. The molecule has 0 bridgehead atoms. The van der Waals surface area contributed by atoms with Crippen LogP contribution in [0.4, 0.5) is 0 Å². The summed E-state index contributed by atoms with van der Waals surface area (Å²) in [4.78, 5) is 19.8. The molecule has 4 nitrogen and oxygen atoms in total. The molecule has 0 fully saturated rings. The van der Waals surface area contributed by atoms with Crippen molar-refractivity contribution in [2.75, 3.05) is 0 Å². The summed E-state index contributed by atoms with van der Waals surface area (Å²) in [6, 6.07) is 8.86. The summed E-state index contributed by atoms with van der Waals surface area (Å²) in [5.41, 5.74) is 2.01. The summed E-state index contributed by atoms with van der Waals surface area (Å²) in [5.74, 6) is -0.354. The van der Waals surface area contributed by atoms with E-state index in [-0.39, 0.29) is 12.6 Å². The second-order valence-corrected chi connectivity index (χ2v) is 3.59. The van der Waals surface area contributed by atoms with E-state index in [0.29, 0.717) is 11.3 Å². The zero-order valence-electron chi connectivity index (χ0n) is 9.46. The number of hydrogen-bond acceptors (Lipinski definition) is 4. The smallest absolute Gasteiger partial charge is 0.338 e.